The predicted molar refractivity (Wildman–Crippen MR) is 119 cm³/mol. The first-order chi connectivity index (χ1) is 14.1. The van der Waals surface area contributed by atoms with Crippen LogP contribution in [0.25, 0.3) is 22.0 Å². The number of pyridine rings is 1. The first-order valence-corrected chi connectivity index (χ1v) is 9.92. The molecule has 1 N–H and O–H groups in total. The lowest BCUT2D eigenvalue weighted by atomic mass is 9.94. The second-order valence-electron chi connectivity index (χ2n) is 7.26. The molecular formula is C26H24N2O. The minimum atomic E-state index is -0.0757. The van der Waals surface area contributed by atoms with Gasteiger partial charge in [0.25, 0.3) is 5.91 Å². The van der Waals surface area contributed by atoms with Gasteiger partial charge in [0.05, 0.1) is 16.8 Å². The van der Waals surface area contributed by atoms with Gasteiger partial charge in [-0.3, -0.25) is 9.78 Å². The molecule has 29 heavy (non-hydrogen) atoms. The highest BCUT2D eigenvalue weighted by Crippen LogP contribution is 2.32. The number of para-hydroxylation sites is 1. The molecule has 3 aromatic carbocycles. The van der Waals surface area contributed by atoms with E-state index in [4.69, 9.17) is 4.98 Å². The molecule has 0 saturated heterocycles. The Kier molecular flexibility index (Phi) is 5.39. The van der Waals surface area contributed by atoms with Crippen molar-refractivity contribution in [1.82, 2.24) is 10.3 Å². The van der Waals surface area contributed by atoms with Gasteiger partial charge in [-0.1, -0.05) is 72.8 Å². The van der Waals surface area contributed by atoms with E-state index in [-0.39, 0.29) is 5.91 Å². The van der Waals surface area contributed by atoms with Crippen LogP contribution in [-0.4, -0.2) is 17.4 Å². The molecule has 1 heterocycles. The van der Waals surface area contributed by atoms with Crippen molar-refractivity contribution >= 4 is 16.8 Å². The number of carbonyl (C=O) groups excluding carboxylic acids is 1. The molecular weight excluding hydrogens is 356 g/mol. The van der Waals surface area contributed by atoms with Gasteiger partial charge in [0.15, 0.2) is 0 Å². The molecule has 0 radical (unpaired) electrons. The van der Waals surface area contributed by atoms with Gasteiger partial charge in [-0.2, -0.15) is 0 Å². The third kappa shape index (κ3) is 3.90. The first kappa shape index (κ1) is 18.9. The monoisotopic (exact) mass is 380 g/mol. The van der Waals surface area contributed by atoms with Crippen LogP contribution in [-0.2, 0) is 6.42 Å². The number of nitrogens with one attached hydrogen (secondary N) is 1. The van der Waals surface area contributed by atoms with Gasteiger partial charge in [0.1, 0.15) is 0 Å². The Morgan fingerprint density at radius 3 is 2.34 bits per heavy atom. The fourth-order valence-corrected chi connectivity index (χ4v) is 3.81. The third-order valence-electron chi connectivity index (χ3n) is 5.30. The summed E-state index contributed by atoms with van der Waals surface area (Å²) in [5.74, 6) is -0.0757. The van der Waals surface area contributed by atoms with Crippen LogP contribution >= 0.6 is 0 Å². The third-order valence-corrected chi connectivity index (χ3v) is 5.30. The molecule has 3 nitrogen and oxygen atoms in total. The van der Waals surface area contributed by atoms with Crippen molar-refractivity contribution in [3.8, 4) is 11.1 Å². The summed E-state index contributed by atoms with van der Waals surface area (Å²) < 4.78 is 0. The van der Waals surface area contributed by atoms with Crippen molar-refractivity contribution < 1.29 is 4.79 Å². The van der Waals surface area contributed by atoms with Crippen LogP contribution < -0.4 is 5.32 Å². The summed E-state index contributed by atoms with van der Waals surface area (Å²) in [5.41, 5.74) is 6.77. The largest absolute Gasteiger partial charge is 0.352 e. The highest BCUT2D eigenvalue weighted by molar-refractivity contribution is 6.09. The Bertz CT molecular complexity index is 1170. The fourth-order valence-electron chi connectivity index (χ4n) is 3.81. The zero-order valence-corrected chi connectivity index (χ0v) is 16.8. The predicted octanol–water partition coefficient (Wildman–Crippen LogP) is 5.49. The number of rotatable bonds is 5. The Hall–Kier alpha value is -3.46. The van der Waals surface area contributed by atoms with Gasteiger partial charge in [-0.05, 0) is 43.0 Å². The van der Waals surface area contributed by atoms with Gasteiger partial charge in [0, 0.05) is 17.5 Å². The summed E-state index contributed by atoms with van der Waals surface area (Å²) in [6, 6.07) is 26.4. The van der Waals surface area contributed by atoms with Crippen molar-refractivity contribution in [3.63, 3.8) is 0 Å². The van der Waals surface area contributed by atoms with E-state index in [0.717, 1.165) is 34.1 Å². The van der Waals surface area contributed by atoms with Crippen LogP contribution in [0.4, 0.5) is 0 Å². The molecule has 144 valence electrons. The molecule has 0 bridgehead atoms. The Morgan fingerprint density at radius 2 is 1.55 bits per heavy atom. The molecule has 4 rings (SSSR count). The maximum absolute atomic E-state index is 13.2. The number of aryl methyl sites for hydroxylation is 2. The minimum absolute atomic E-state index is 0.0757. The maximum Gasteiger partial charge on any atom is 0.253 e. The zero-order chi connectivity index (χ0) is 20.2. The SMILES string of the molecule is Cc1ccccc1CCNC(=O)c1c(C)nc2ccccc2c1-c1ccccc1. The highest BCUT2D eigenvalue weighted by Gasteiger charge is 2.20. The van der Waals surface area contributed by atoms with Crippen LogP contribution in [0.3, 0.4) is 0 Å². The molecule has 0 atom stereocenters. The van der Waals surface area contributed by atoms with Gasteiger partial charge in [-0.15, -0.1) is 0 Å². The summed E-state index contributed by atoms with van der Waals surface area (Å²) >= 11 is 0. The van der Waals surface area contributed by atoms with E-state index in [1.54, 1.807) is 0 Å². The molecule has 1 amide bonds. The number of benzene rings is 3. The van der Waals surface area contributed by atoms with E-state index in [1.807, 2.05) is 73.7 Å². The molecule has 1 aromatic heterocycles. The van der Waals surface area contributed by atoms with Crippen molar-refractivity contribution in [1.29, 1.82) is 0 Å². The Morgan fingerprint density at radius 1 is 0.862 bits per heavy atom. The lowest BCUT2D eigenvalue weighted by Gasteiger charge is -2.16. The average molecular weight is 380 g/mol. The Balaban J connectivity index is 1.70. The molecule has 3 heteroatoms. The summed E-state index contributed by atoms with van der Waals surface area (Å²) in [5, 5.41) is 4.11. The summed E-state index contributed by atoms with van der Waals surface area (Å²) in [6.45, 7) is 4.60. The second kappa shape index (κ2) is 8.27. The molecule has 0 aliphatic carbocycles. The highest BCUT2D eigenvalue weighted by atomic mass is 16.1. The minimum Gasteiger partial charge on any atom is -0.352 e. The van der Waals surface area contributed by atoms with E-state index < -0.39 is 0 Å². The molecule has 0 fully saturated rings. The lowest BCUT2D eigenvalue weighted by molar-refractivity contribution is 0.0954. The van der Waals surface area contributed by atoms with Crippen LogP contribution in [0.1, 0.15) is 27.2 Å². The number of hydrogen-bond acceptors (Lipinski definition) is 2. The van der Waals surface area contributed by atoms with E-state index in [1.165, 1.54) is 11.1 Å². The normalized spacial score (nSPS) is 10.8. The molecule has 4 aromatic rings. The topological polar surface area (TPSA) is 42.0 Å². The van der Waals surface area contributed by atoms with E-state index >= 15 is 0 Å². The van der Waals surface area contributed by atoms with E-state index in [9.17, 15) is 4.79 Å². The number of hydrogen-bond donors (Lipinski definition) is 1. The molecule has 0 aliphatic rings. The van der Waals surface area contributed by atoms with Gasteiger partial charge in [-0.25, -0.2) is 0 Å². The summed E-state index contributed by atoms with van der Waals surface area (Å²) in [4.78, 5) is 17.9. The van der Waals surface area contributed by atoms with Crippen molar-refractivity contribution in [3.05, 3.63) is 101 Å². The van der Waals surface area contributed by atoms with Crippen LogP contribution in [0.15, 0.2) is 78.9 Å². The number of carbonyl (C=O) groups is 1. The molecule has 0 unspecified atom stereocenters. The van der Waals surface area contributed by atoms with Crippen LogP contribution in [0, 0.1) is 13.8 Å². The fraction of sp³-hybridized carbons (Fsp3) is 0.154. The van der Waals surface area contributed by atoms with Gasteiger partial charge >= 0.3 is 0 Å². The Labute approximate surface area is 171 Å². The first-order valence-electron chi connectivity index (χ1n) is 9.92. The number of amides is 1. The van der Waals surface area contributed by atoms with E-state index in [2.05, 4.69) is 24.4 Å². The average Bonchev–Trinajstić information content (AvgIpc) is 2.74. The maximum atomic E-state index is 13.2. The van der Waals surface area contributed by atoms with E-state index in [0.29, 0.717) is 12.1 Å². The quantitative estimate of drug-likeness (QED) is 0.497. The lowest BCUT2D eigenvalue weighted by Crippen LogP contribution is -2.27. The zero-order valence-electron chi connectivity index (χ0n) is 16.8. The van der Waals surface area contributed by atoms with Crippen molar-refractivity contribution in [2.45, 2.75) is 20.3 Å². The second-order valence-corrected chi connectivity index (χ2v) is 7.26. The smallest absolute Gasteiger partial charge is 0.253 e. The number of nitrogens with zero attached hydrogens (tertiary/aromatic N) is 1. The standard InChI is InChI=1S/C26H24N2O/c1-18-10-6-7-11-20(18)16-17-27-26(29)24-19(2)28-23-15-9-8-14-22(23)25(24)21-12-4-3-5-13-21/h3-15H,16-17H2,1-2H3,(H,27,29). The van der Waals surface area contributed by atoms with Crippen LogP contribution in [0.5, 0.6) is 0 Å². The molecule has 0 aliphatic heterocycles. The summed E-state index contributed by atoms with van der Waals surface area (Å²) in [6.07, 6.45) is 0.805. The van der Waals surface area contributed by atoms with Gasteiger partial charge in [0.2, 0.25) is 0 Å². The summed E-state index contributed by atoms with van der Waals surface area (Å²) in [7, 11) is 0. The van der Waals surface area contributed by atoms with Gasteiger partial charge < -0.3 is 5.32 Å². The molecule has 0 spiro atoms. The molecule has 0 saturated carbocycles. The van der Waals surface area contributed by atoms with Crippen LogP contribution in [0.2, 0.25) is 0 Å². The van der Waals surface area contributed by atoms with Crippen molar-refractivity contribution in [2.75, 3.05) is 6.54 Å². The number of aromatic nitrogens is 1. The van der Waals surface area contributed by atoms with Crippen molar-refractivity contribution in [2.24, 2.45) is 0 Å². The number of fused-ring (bicyclic) bond motifs is 1.